The van der Waals surface area contributed by atoms with Gasteiger partial charge in [-0.05, 0) is 24.6 Å². The Kier molecular flexibility index (Phi) is 5.43. The highest BCUT2D eigenvalue weighted by Crippen LogP contribution is 2.21. The predicted molar refractivity (Wildman–Crippen MR) is 97.9 cm³/mol. The molecule has 0 saturated carbocycles. The molecule has 0 spiro atoms. The van der Waals surface area contributed by atoms with Gasteiger partial charge in [-0.25, -0.2) is 4.98 Å². The van der Waals surface area contributed by atoms with Crippen LogP contribution in [0, 0.1) is 6.92 Å². The van der Waals surface area contributed by atoms with Gasteiger partial charge < -0.3 is 9.80 Å². The fourth-order valence-electron chi connectivity index (χ4n) is 2.86. The zero-order valence-electron chi connectivity index (χ0n) is 14.5. The molecule has 25 heavy (non-hydrogen) atoms. The molecule has 2 heterocycles. The average molecular weight is 358 g/mol. The van der Waals surface area contributed by atoms with Crippen LogP contribution >= 0.6 is 11.8 Å². The Labute approximate surface area is 151 Å². The Bertz CT molecular complexity index is 766. The van der Waals surface area contributed by atoms with Crippen LogP contribution < -0.4 is 0 Å². The van der Waals surface area contributed by atoms with E-state index in [0.29, 0.717) is 31.9 Å². The van der Waals surface area contributed by atoms with Crippen molar-refractivity contribution in [3.63, 3.8) is 0 Å². The summed E-state index contributed by atoms with van der Waals surface area (Å²) < 4.78 is 2.00. The number of aromatic nitrogens is 2. The molecule has 1 saturated heterocycles. The molecule has 1 aromatic carbocycles. The number of nitrogens with zero attached hydrogens (tertiary/aromatic N) is 4. The van der Waals surface area contributed by atoms with E-state index in [1.54, 1.807) is 18.0 Å². The topological polar surface area (TPSA) is 58.4 Å². The van der Waals surface area contributed by atoms with Gasteiger partial charge in [0.05, 0.1) is 5.75 Å². The molecule has 0 bridgehead atoms. The number of thioether (sulfide) groups is 1. The van der Waals surface area contributed by atoms with Crippen molar-refractivity contribution in [1.82, 2.24) is 19.4 Å². The van der Waals surface area contributed by atoms with E-state index in [1.807, 2.05) is 27.8 Å². The van der Waals surface area contributed by atoms with Gasteiger partial charge in [0.15, 0.2) is 5.16 Å². The van der Waals surface area contributed by atoms with Crippen LogP contribution in [-0.4, -0.2) is 63.1 Å². The lowest BCUT2D eigenvalue weighted by molar-refractivity contribution is -0.136. The van der Waals surface area contributed by atoms with Crippen LogP contribution in [0.1, 0.15) is 12.5 Å². The second-order valence-corrected chi connectivity index (χ2v) is 7.04. The van der Waals surface area contributed by atoms with Crippen molar-refractivity contribution in [2.75, 3.05) is 31.9 Å². The van der Waals surface area contributed by atoms with Crippen molar-refractivity contribution < 1.29 is 9.59 Å². The smallest absolute Gasteiger partial charge is 0.233 e. The molecule has 0 radical (unpaired) electrons. The monoisotopic (exact) mass is 358 g/mol. The molecule has 0 unspecified atom stereocenters. The van der Waals surface area contributed by atoms with Crippen LogP contribution in [0.2, 0.25) is 0 Å². The van der Waals surface area contributed by atoms with Gasteiger partial charge in [-0.3, -0.25) is 14.2 Å². The van der Waals surface area contributed by atoms with E-state index in [1.165, 1.54) is 17.3 Å². The predicted octanol–water partition coefficient (Wildman–Crippen LogP) is 1.96. The standard InChI is InChI=1S/C18H22N4O2S/c1-14-4-3-5-16(12-14)22-7-6-19-18(22)25-13-17(24)21-10-8-20(9-11-21)15(2)23/h3-7,12H,8-11,13H2,1-2H3. The minimum Gasteiger partial charge on any atom is -0.339 e. The van der Waals surface area contributed by atoms with Crippen molar-refractivity contribution in [1.29, 1.82) is 0 Å². The number of carbonyl (C=O) groups excluding carboxylic acids is 2. The first-order chi connectivity index (χ1) is 12.0. The van der Waals surface area contributed by atoms with Crippen molar-refractivity contribution in [3.8, 4) is 5.69 Å². The van der Waals surface area contributed by atoms with Crippen LogP contribution in [-0.2, 0) is 9.59 Å². The Morgan fingerprint density at radius 3 is 2.56 bits per heavy atom. The normalized spacial score (nSPS) is 14.6. The molecule has 2 amide bonds. The van der Waals surface area contributed by atoms with Gasteiger partial charge >= 0.3 is 0 Å². The first-order valence-electron chi connectivity index (χ1n) is 8.31. The van der Waals surface area contributed by atoms with Crippen LogP contribution in [0.15, 0.2) is 41.8 Å². The van der Waals surface area contributed by atoms with Gasteiger partial charge in [0, 0.05) is 51.2 Å². The van der Waals surface area contributed by atoms with E-state index in [4.69, 9.17) is 0 Å². The summed E-state index contributed by atoms with van der Waals surface area (Å²) >= 11 is 1.44. The van der Waals surface area contributed by atoms with E-state index in [-0.39, 0.29) is 11.8 Å². The van der Waals surface area contributed by atoms with Crippen LogP contribution in [0.5, 0.6) is 0 Å². The molecule has 0 aliphatic carbocycles. The molecule has 2 aromatic rings. The van der Waals surface area contributed by atoms with Gasteiger partial charge in [-0.15, -0.1) is 0 Å². The number of aryl methyl sites for hydroxylation is 1. The second-order valence-electron chi connectivity index (χ2n) is 6.09. The Morgan fingerprint density at radius 2 is 1.88 bits per heavy atom. The van der Waals surface area contributed by atoms with Gasteiger partial charge in [0.1, 0.15) is 0 Å². The Hall–Kier alpha value is -2.28. The zero-order chi connectivity index (χ0) is 17.8. The molecular weight excluding hydrogens is 336 g/mol. The molecular formula is C18H22N4O2S. The number of carbonyl (C=O) groups is 2. The highest BCUT2D eigenvalue weighted by molar-refractivity contribution is 7.99. The number of benzene rings is 1. The van der Waals surface area contributed by atoms with Crippen molar-refractivity contribution in [2.24, 2.45) is 0 Å². The third-order valence-corrected chi connectivity index (χ3v) is 5.24. The summed E-state index contributed by atoms with van der Waals surface area (Å²) in [6.45, 7) is 6.06. The molecule has 1 aliphatic rings. The lowest BCUT2D eigenvalue weighted by atomic mass is 10.2. The highest BCUT2D eigenvalue weighted by atomic mass is 32.2. The molecule has 6 nitrogen and oxygen atoms in total. The molecule has 1 aliphatic heterocycles. The minimum atomic E-state index is 0.0710. The summed E-state index contributed by atoms with van der Waals surface area (Å²) in [5.74, 6) is 0.511. The maximum absolute atomic E-state index is 12.4. The third-order valence-electron chi connectivity index (χ3n) is 4.29. The maximum atomic E-state index is 12.4. The quantitative estimate of drug-likeness (QED) is 0.784. The highest BCUT2D eigenvalue weighted by Gasteiger charge is 2.22. The lowest BCUT2D eigenvalue weighted by Gasteiger charge is -2.34. The molecule has 1 fully saturated rings. The van der Waals surface area contributed by atoms with Crippen LogP contribution in [0.3, 0.4) is 0 Å². The van der Waals surface area contributed by atoms with Gasteiger partial charge in [-0.1, -0.05) is 23.9 Å². The second kappa shape index (κ2) is 7.74. The number of hydrogen-bond donors (Lipinski definition) is 0. The van der Waals surface area contributed by atoms with E-state index >= 15 is 0 Å². The van der Waals surface area contributed by atoms with Gasteiger partial charge in [-0.2, -0.15) is 0 Å². The van der Waals surface area contributed by atoms with Gasteiger partial charge in [0.2, 0.25) is 11.8 Å². The molecule has 0 N–H and O–H groups in total. The van der Waals surface area contributed by atoms with Crippen LogP contribution in [0.25, 0.3) is 5.69 Å². The summed E-state index contributed by atoms with van der Waals surface area (Å²) in [6.07, 6.45) is 3.66. The molecule has 1 aromatic heterocycles. The van der Waals surface area contributed by atoms with E-state index in [9.17, 15) is 9.59 Å². The van der Waals surface area contributed by atoms with Crippen molar-refractivity contribution >= 4 is 23.6 Å². The molecule has 132 valence electrons. The zero-order valence-corrected chi connectivity index (χ0v) is 15.3. The Balaban J connectivity index is 1.59. The molecule has 7 heteroatoms. The SMILES string of the molecule is CC(=O)N1CCN(C(=O)CSc2nccn2-c2cccc(C)c2)CC1. The number of piperazine rings is 1. The summed E-state index contributed by atoms with van der Waals surface area (Å²) in [5, 5.41) is 0.807. The maximum Gasteiger partial charge on any atom is 0.233 e. The first kappa shape index (κ1) is 17.5. The van der Waals surface area contributed by atoms with Crippen LogP contribution in [0.4, 0.5) is 0 Å². The first-order valence-corrected chi connectivity index (χ1v) is 9.29. The number of imidazole rings is 1. The summed E-state index contributed by atoms with van der Waals surface area (Å²) in [7, 11) is 0. The average Bonchev–Trinajstić information content (AvgIpc) is 3.08. The van der Waals surface area contributed by atoms with E-state index in [2.05, 4.69) is 24.0 Å². The minimum absolute atomic E-state index is 0.0710. The summed E-state index contributed by atoms with van der Waals surface area (Å²) in [5.41, 5.74) is 2.23. The summed E-state index contributed by atoms with van der Waals surface area (Å²) in [4.78, 5) is 31.8. The summed E-state index contributed by atoms with van der Waals surface area (Å²) in [6, 6.07) is 8.19. The lowest BCUT2D eigenvalue weighted by Crippen LogP contribution is -2.50. The van der Waals surface area contributed by atoms with Crippen molar-refractivity contribution in [3.05, 3.63) is 42.2 Å². The largest absolute Gasteiger partial charge is 0.339 e. The number of amides is 2. The molecule has 3 rings (SSSR count). The molecule has 0 atom stereocenters. The van der Waals surface area contributed by atoms with Gasteiger partial charge in [0.25, 0.3) is 0 Å². The Morgan fingerprint density at radius 1 is 1.16 bits per heavy atom. The van der Waals surface area contributed by atoms with E-state index < -0.39 is 0 Å². The van der Waals surface area contributed by atoms with Crippen molar-refractivity contribution in [2.45, 2.75) is 19.0 Å². The van der Waals surface area contributed by atoms with E-state index in [0.717, 1.165) is 10.8 Å². The third kappa shape index (κ3) is 4.22. The fraction of sp³-hybridized carbons (Fsp3) is 0.389. The number of rotatable bonds is 4. The fourth-order valence-corrected chi connectivity index (χ4v) is 3.74. The number of hydrogen-bond acceptors (Lipinski definition) is 4.